The van der Waals surface area contributed by atoms with Crippen molar-refractivity contribution < 1.29 is 19.1 Å². The summed E-state index contributed by atoms with van der Waals surface area (Å²) in [5, 5.41) is 0. The number of rotatable bonds is 13. The van der Waals surface area contributed by atoms with Crippen LogP contribution < -0.4 is 9.47 Å². The second kappa shape index (κ2) is 14.0. The maximum Gasteiger partial charge on any atom is 0.258 e. The fourth-order valence-electron chi connectivity index (χ4n) is 4.23. The molecule has 0 saturated carbocycles. The van der Waals surface area contributed by atoms with Crippen molar-refractivity contribution in [2.24, 2.45) is 0 Å². The summed E-state index contributed by atoms with van der Waals surface area (Å²) in [6.45, 7) is 7.77. The Bertz CT molecular complexity index is 1210. The first-order chi connectivity index (χ1) is 18.3. The van der Waals surface area contributed by atoms with E-state index in [1.165, 1.54) is 12.7 Å². The number of nitrogens with zero attached hydrogens (tertiary/aromatic N) is 3. The lowest BCUT2D eigenvalue weighted by molar-refractivity contribution is -0.133. The van der Waals surface area contributed by atoms with Gasteiger partial charge in [-0.1, -0.05) is 41.4 Å². The van der Waals surface area contributed by atoms with E-state index in [1.807, 2.05) is 43.1 Å². The number of amides is 2. The predicted octanol–water partition coefficient (Wildman–Crippen LogP) is 6.00. The minimum Gasteiger partial charge on any atom is -0.497 e. The van der Waals surface area contributed by atoms with Crippen LogP contribution in [0.15, 0.2) is 65.3 Å². The predicted molar refractivity (Wildman–Crippen MR) is 154 cm³/mol. The SMILES string of the molecule is CCCCN(Cc1cccn1Cc1ccc(Br)cc1)C(=O)CN(C(=O)c1ccc(OC)cc1OC)C(C)C. The molecule has 3 rings (SSSR count). The van der Waals surface area contributed by atoms with Gasteiger partial charge in [0.15, 0.2) is 0 Å². The first-order valence-corrected chi connectivity index (χ1v) is 13.8. The highest BCUT2D eigenvalue weighted by molar-refractivity contribution is 9.10. The van der Waals surface area contributed by atoms with Crippen molar-refractivity contribution in [2.75, 3.05) is 27.3 Å². The lowest BCUT2D eigenvalue weighted by atomic mass is 10.1. The van der Waals surface area contributed by atoms with Crippen molar-refractivity contribution in [3.05, 3.63) is 82.1 Å². The van der Waals surface area contributed by atoms with Crippen molar-refractivity contribution in [3.63, 3.8) is 0 Å². The Kier molecular flexibility index (Phi) is 10.8. The molecule has 0 saturated heterocycles. The van der Waals surface area contributed by atoms with Crippen LogP contribution in [0.5, 0.6) is 11.5 Å². The van der Waals surface area contributed by atoms with E-state index in [9.17, 15) is 9.59 Å². The van der Waals surface area contributed by atoms with Crippen LogP contribution in [0.2, 0.25) is 0 Å². The van der Waals surface area contributed by atoms with Crippen LogP contribution in [0.4, 0.5) is 0 Å². The topological polar surface area (TPSA) is 64.0 Å². The molecule has 0 radical (unpaired) electrons. The van der Waals surface area contributed by atoms with Crippen molar-refractivity contribution >= 4 is 27.7 Å². The number of halogens is 1. The molecule has 0 aliphatic heterocycles. The minimum absolute atomic E-state index is 0.0111. The lowest BCUT2D eigenvalue weighted by Gasteiger charge is -2.31. The average molecular weight is 585 g/mol. The summed E-state index contributed by atoms with van der Waals surface area (Å²) in [5.41, 5.74) is 2.64. The molecular formula is C30H38BrN3O4. The molecule has 2 amide bonds. The zero-order chi connectivity index (χ0) is 27.7. The summed E-state index contributed by atoms with van der Waals surface area (Å²) in [6.07, 6.45) is 3.90. The third-order valence-electron chi connectivity index (χ3n) is 6.51. The fourth-order valence-corrected chi connectivity index (χ4v) is 4.50. The molecule has 0 aliphatic rings. The maximum atomic E-state index is 13.7. The van der Waals surface area contributed by atoms with Crippen molar-refractivity contribution in [3.8, 4) is 11.5 Å². The smallest absolute Gasteiger partial charge is 0.258 e. The number of unbranched alkanes of at least 4 members (excludes halogenated alkanes) is 1. The van der Waals surface area contributed by atoms with E-state index in [4.69, 9.17) is 9.47 Å². The number of aromatic nitrogens is 1. The average Bonchev–Trinajstić information content (AvgIpc) is 3.35. The number of methoxy groups -OCH3 is 2. The molecule has 0 spiro atoms. The van der Waals surface area contributed by atoms with E-state index >= 15 is 0 Å². The molecule has 0 atom stereocenters. The van der Waals surface area contributed by atoms with Crippen LogP contribution in [0.25, 0.3) is 0 Å². The van der Waals surface area contributed by atoms with Gasteiger partial charge in [0.1, 0.15) is 18.0 Å². The molecule has 0 bridgehead atoms. The highest BCUT2D eigenvalue weighted by Gasteiger charge is 2.27. The van der Waals surface area contributed by atoms with Gasteiger partial charge in [0.2, 0.25) is 5.91 Å². The van der Waals surface area contributed by atoms with E-state index in [0.29, 0.717) is 30.2 Å². The number of hydrogen-bond acceptors (Lipinski definition) is 4. The van der Waals surface area contributed by atoms with Gasteiger partial charge in [-0.25, -0.2) is 0 Å². The molecule has 0 aliphatic carbocycles. The normalized spacial score (nSPS) is 10.9. The van der Waals surface area contributed by atoms with Gasteiger partial charge < -0.3 is 23.8 Å². The third kappa shape index (κ3) is 7.63. The van der Waals surface area contributed by atoms with Crippen LogP contribution in [0, 0.1) is 0 Å². The third-order valence-corrected chi connectivity index (χ3v) is 7.03. The Morgan fingerprint density at radius 2 is 1.76 bits per heavy atom. The number of ether oxygens (including phenoxy) is 2. The molecule has 8 heteroatoms. The second-order valence-corrected chi connectivity index (χ2v) is 10.4. The van der Waals surface area contributed by atoms with E-state index in [1.54, 1.807) is 30.2 Å². The molecule has 0 unspecified atom stereocenters. The van der Waals surface area contributed by atoms with Gasteiger partial charge in [0.05, 0.1) is 26.3 Å². The van der Waals surface area contributed by atoms with Gasteiger partial charge >= 0.3 is 0 Å². The fraction of sp³-hybridized carbons (Fsp3) is 0.400. The molecular weight excluding hydrogens is 546 g/mol. The highest BCUT2D eigenvalue weighted by atomic mass is 79.9. The molecule has 7 nitrogen and oxygen atoms in total. The van der Waals surface area contributed by atoms with Gasteiger partial charge in [0, 0.05) is 41.6 Å². The number of carbonyl (C=O) groups is 2. The molecule has 0 N–H and O–H groups in total. The van der Waals surface area contributed by atoms with E-state index < -0.39 is 0 Å². The zero-order valence-corrected chi connectivity index (χ0v) is 24.5. The second-order valence-electron chi connectivity index (χ2n) is 9.52. The van der Waals surface area contributed by atoms with Crippen LogP contribution in [0.3, 0.4) is 0 Å². The van der Waals surface area contributed by atoms with Gasteiger partial charge in [0.25, 0.3) is 5.91 Å². The van der Waals surface area contributed by atoms with Gasteiger partial charge in [-0.15, -0.1) is 0 Å². The first kappa shape index (κ1) is 29.3. The summed E-state index contributed by atoms with van der Waals surface area (Å²) in [6, 6.07) is 17.2. The highest BCUT2D eigenvalue weighted by Crippen LogP contribution is 2.26. The summed E-state index contributed by atoms with van der Waals surface area (Å²) < 4.78 is 13.9. The summed E-state index contributed by atoms with van der Waals surface area (Å²) in [7, 11) is 3.09. The molecule has 2 aromatic carbocycles. The van der Waals surface area contributed by atoms with Crippen LogP contribution in [-0.2, 0) is 17.9 Å². The Balaban J connectivity index is 1.79. The molecule has 38 heavy (non-hydrogen) atoms. The lowest BCUT2D eigenvalue weighted by Crippen LogP contribution is -2.46. The number of benzene rings is 2. The van der Waals surface area contributed by atoms with E-state index in [-0.39, 0.29) is 24.4 Å². The molecule has 3 aromatic rings. The summed E-state index contributed by atoms with van der Waals surface area (Å²) in [4.78, 5) is 30.7. The Morgan fingerprint density at radius 3 is 2.39 bits per heavy atom. The van der Waals surface area contributed by atoms with Crippen molar-refractivity contribution in [1.29, 1.82) is 0 Å². The standard InChI is InChI=1S/C30H38BrN3O4/c1-6-7-16-33(20-25-9-8-17-32(25)19-23-10-12-24(31)13-11-23)29(35)21-34(22(2)3)30(36)27-15-14-26(37-4)18-28(27)38-5/h8-15,17-18,22H,6-7,16,19-21H2,1-5H3. The number of hydrogen-bond donors (Lipinski definition) is 0. The molecule has 0 fully saturated rings. The van der Waals surface area contributed by atoms with Gasteiger partial charge in [-0.05, 0) is 62.2 Å². The first-order valence-electron chi connectivity index (χ1n) is 13.0. The zero-order valence-electron chi connectivity index (χ0n) is 22.9. The minimum atomic E-state index is -0.248. The monoisotopic (exact) mass is 583 g/mol. The van der Waals surface area contributed by atoms with Gasteiger partial charge in [-0.2, -0.15) is 0 Å². The molecule has 1 aromatic heterocycles. The Hall–Kier alpha value is -3.26. The maximum absolute atomic E-state index is 13.7. The van der Waals surface area contributed by atoms with Crippen molar-refractivity contribution in [2.45, 2.75) is 52.7 Å². The van der Waals surface area contributed by atoms with Crippen molar-refractivity contribution in [1.82, 2.24) is 14.4 Å². The molecule has 1 heterocycles. The Morgan fingerprint density at radius 1 is 1.03 bits per heavy atom. The Labute approximate surface area is 234 Å². The summed E-state index contributed by atoms with van der Waals surface area (Å²) in [5.74, 6) is 0.690. The van der Waals surface area contributed by atoms with Crippen LogP contribution in [0.1, 0.15) is 55.2 Å². The van der Waals surface area contributed by atoms with Crippen LogP contribution >= 0.6 is 15.9 Å². The number of carbonyl (C=O) groups excluding carboxylic acids is 2. The van der Waals surface area contributed by atoms with E-state index in [0.717, 1.165) is 29.6 Å². The van der Waals surface area contributed by atoms with Crippen LogP contribution in [-0.4, -0.2) is 59.5 Å². The quantitative estimate of drug-likeness (QED) is 0.248. The largest absolute Gasteiger partial charge is 0.497 e. The van der Waals surface area contributed by atoms with Gasteiger partial charge in [-0.3, -0.25) is 9.59 Å². The summed E-state index contributed by atoms with van der Waals surface area (Å²) >= 11 is 3.49. The molecule has 204 valence electrons. The van der Waals surface area contributed by atoms with E-state index in [2.05, 4.69) is 45.6 Å².